The number of aliphatic carboxylic acids is 1. The fourth-order valence-corrected chi connectivity index (χ4v) is 3.91. The Kier molecular flexibility index (Phi) is 5.76. The second-order valence-corrected chi connectivity index (χ2v) is 8.39. The maximum Gasteiger partial charge on any atom is 0.410 e. The van der Waals surface area contributed by atoms with E-state index in [4.69, 9.17) is 4.74 Å². The van der Waals surface area contributed by atoms with Crippen molar-refractivity contribution >= 4 is 28.9 Å². The van der Waals surface area contributed by atoms with Crippen LogP contribution < -0.4 is 0 Å². The molecule has 0 spiro atoms. The molecule has 0 saturated carbocycles. The molecule has 162 valence electrons. The summed E-state index contributed by atoms with van der Waals surface area (Å²) in [6, 6.07) is 5.92. The predicted octanol–water partition coefficient (Wildman–Crippen LogP) is 2.55. The van der Waals surface area contributed by atoms with Crippen molar-refractivity contribution in [1.29, 1.82) is 0 Å². The third-order valence-electron chi connectivity index (χ3n) is 5.19. The van der Waals surface area contributed by atoms with E-state index in [9.17, 15) is 24.6 Å². The number of ether oxygens (including phenoxy) is 1. The van der Waals surface area contributed by atoms with Crippen LogP contribution in [0.25, 0.3) is 10.9 Å². The molecule has 9 nitrogen and oxygen atoms in total. The van der Waals surface area contributed by atoms with Gasteiger partial charge in [0.2, 0.25) is 0 Å². The Morgan fingerprint density at radius 2 is 1.63 bits per heavy atom. The number of para-hydroxylation sites is 1. The Hall–Kier alpha value is -3.07. The molecule has 1 aromatic heterocycles. The smallest absolute Gasteiger partial charge is 0.410 e. The van der Waals surface area contributed by atoms with Gasteiger partial charge in [-0.15, -0.1) is 0 Å². The van der Waals surface area contributed by atoms with Crippen molar-refractivity contribution in [1.82, 2.24) is 14.4 Å². The van der Waals surface area contributed by atoms with E-state index in [2.05, 4.69) is 0 Å². The summed E-state index contributed by atoms with van der Waals surface area (Å²) in [4.78, 5) is 39.8. The summed E-state index contributed by atoms with van der Waals surface area (Å²) < 4.78 is 6.90. The lowest BCUT2D eigenvalue weighted by molar-refractivity contribution is -0.144. The molecule has 1 saturated heterocycles. The zero-order valence-corrected chi connectivity index (χ0v) is 17.6. The average Bonchev–Trinajstić information content (AvgIpc) is 2.94. The standard InChI is InChI=1S/C21H27N3O6/c1-21(2,3)30-20(29)24-11-9-23(10-12-24)17(19(27)28)15-13-7-5-6-8-14(13)22(4)16(15)18(25)26/h5-8,17H,9-12H2,1-4H3,(H,25,26)(H,27,28)/t17-/m1/s1. The van der Waals surface area contributed by atoms with E-state index >= 15 is 0 Å². The van der Waals surface area contributed by atoms with Crippen molar-refractivity contribution in [2.45, 2.75) is 32.4 Å². The number of carbonyl (C=O) groups is 3. The van der Waals surface area contributed by atoms with Gasteiger partial charge in [-0.2, -0.15) is 0 Å². The topological polar surface area (TPSA) is 112 Å². The van der Waals surface area contributed by atoms with E-state index < -0.39 is 29.7 Å². The van der Waals surface area contributed by atoms with Crippen molar-refractivity contribution in [2.75, 3.05) is 26.2 Å². The van der Waals surface area contributed by atoms with E-state index in [-0.39, 0.29) is 11.3 Å². The van der Waals surface area contributed by atoms with Gasteiger partial charge in [-0.1, -0.05) is 18.2 Å². The first-order valence-corrected chi connectivity index (χ1v) is 9.76. The summed E-state index contributed by atoms with van der Waals surface area (Å²) >= 11 is 0. The summed E-state index contributed by atoms with van der Waals surface area (Å²) in [6.45, 7) is 6.54. The molecule has 9 heteroatoms. The number of hydrogen-bond acceptors (Lipinski definition) is 5. The lowest BCUT2D eigenvalue weighted by Crippen LogP contribution is -2.52. The van der Waals surface area contributed by atoms with E-state index in [1.165, 1.54) is 4.57 Å². The van der Waals surface area contributed by atoms with Crippen molar-refractivity contribution in [3.63, 3.8) is 0 Å². The third-order valence-corrected chi connectivity index (χ3v) is 5.19. The van der Waals surface area contributed by atoms with Crippen molar-refractivity contribution in [2.24, 2.45) is 7.05 Å². The van der Waals surface area contributed by atoms with E-state index in [1.54, 1.807) is 61.9 Å². The van der Waals surface area contributed by atoms with Gasteiger partial charge >= 0.3 is 18.0 Å². The molecule has 1 aliphatic rings. The van der Waals surface area contributed by atoms with E-state index in [0.29, 0.717) is 37.1 Å². The largest absolute Gasteiger partial charge is 0.480 e. The van der Waals surface area contributed by atoms with Crippen LogP contribution in [0, 0.1) is 0 Å². The minimum Gasteiger partial charge on any atom is -0.480 e. The first kappa shape index (κ1) is 21.6. The van der Waals surface area contributed by atoms with Crippen LogP contribution >= 0.6 is 0 Å². The van der Waals surface area contributed by atoms with Crippen molar-refractivity contribution < 1.29 is 29.3 Å². The quantitative estimate of drug-likeness (QED) is 0.786. The Bertz CT molecular complexity index is 983. The first-order chi connectivity index (χ1) is 14.0. The van der Waals surface area contributed by atoms with Crippen molar-refractivity contribution in [3.05, 3.63) is 35.5 Å². The molecular weight excluding hydrogens is 390 g/mol. The second-order valence-electron chi connectivity index (χ2n) is 8.39. The molecule has 30 heavy (non-hydrogen) atoms. The Morgan fingerprint density at radius 3 is 2.17 bits per heavy atom. The van der Waals surface area contributed by atoms with Gasteiger partial charge in [0.05, 0.1) is 0 Å². The van der Waals surface area contributed by atoms with Gasteiger partial charge in [-0.05, 0) is 26.8 Å². The fourth-order valence-electron chi connectivity index (χ4n) is 3.91. The highest BCUT2D eigenvalue weighted by atomic mass is 16.6. The van der Waals surface area contributed by atoms with Crippen LogP contribution in [-0.4, -0.2) is 74.4 Å². The summed E-state index contributed by atoms with van der Waals surface area (Å²) in [6.07, 6.45) is -0.439. The number of rotatable bonds is 4. The van der Waals surface area contributed by atoms with Gasteiger partial charge in [0, 0.05) is 49.7 Å². The normalized spacial score (nSPS) is 16.5. The van der Waals surface area contributed by atoms with Crippen LogP contribution in [0.15, 0.2) is 24.3 Å². The van der Waals surface area contributed by atoms with Gasteiger partial charge in [0.25, 0.3) is 0 Å². The summed E-state index contributed by atoms with van der Waals surface area (Å²) in [5, 5.41) is 20.4. The number of hydrogen-bond donors (Lipinski definition) is 2. The van der Waals surface area contributed by atoms with Crippen LogP contribution in [0.2, 0.25) is 0 Å². The van der Waals surface area contributed by atoms with Gasteiger partial charge in [-0.3, -0.25) is 9.69 Å². The van der Waals surface area contributed by atoms with Gasteiger partial charge < -0.3 is 24.4 Å². The Labute approximate surface area is 174 Å². The summed E-state index contributed by atoms with van der Waals surface area (Å²) in [5.74, 6) is -2.30. The number of aromatic carboxylic acids is 1. The van der Waals surface area contributed by atoms with Crippen LogP contribution in [-0.2, 0) is 16.6 Å². The molecular formula is C21H27N3O6. The Morgan fingerprint density at radius 1 is 1.03 bits per heavy atom. The maximum atomic E-state index is 12.3. The first-order valence-electron chi connectivity index (χ1n) is 9.76. The molecule has 2 N–H and O–H groups in total. The molecule has 0 unspecified atom stereocenters. The molecule has 0 bridgehead atoms. The zero-order chi connectivity index (χ0) is 22.2. The number of carboxylic acids is 2. The van der Waals surface area contributed by atoms with E-state index in [1.807, 2.05) is 0 Å². The molecule has 2 aromatic rings. The number of benzene rings is 1. The molecule has 0 aliphatic carbocycles. The number of piperazine rings is 1. The molecule has 2 heterocycles. The van der Waals surface area contributed by atoms with Crippen LogP contribution in [0.5, 0.6) is 0 Å². The average molecular weight is 417 g/mol. The monoisotopic (exact) mass is 417 g/mol. The minimum absolute atomic E-state index is 0.0434. The molecule has 0 radical (unpaired) electrons. The highest BCUT2D eigenvalue weighted by molar-refractivity contribution is 6.01. The SMILES string of the molecule is Cn1c(C(=O)O)c([C@H](C(=O)O)N2CCN(C(=O)OC(C)(C)C)CC2)c2ccccc21. The number of carboxylic acid groups (broad SMARTS) is 2. The molecule has 3 rings (SSSR count). The number of amides is 1. The van der Waals surface area contributed by atoms with Crippen LogP contribution in [0.1, 0.15) is 42.9 Å². The minimum atomic E-state index is -1.18. The summed E-state index contributed by atoms with van der Waals surface area (Å²) in [7, 11) is 1.62. The molecule has 1 fully saturated rings. The Balaban J connectivity index is 1.92. The van der Waals surface area contributed by atoms with Gasteiger partial charge in [0.15, 0.2) is 0 Å². The number of aryl methyl sites for hydroxylation is 1. The molecule has 1 atom stereocenters. The van der Waals surface area contributed by atoms with Crippen molar-refractivity contribution in [3.8, 4) is 0 Å². The van der Waals surface area contributed by atoms with E-state index in [0.717, 1.165) is 0 Å². The highest BCUT2D eigenvalue weighted by Crippen LogP contribution is 2.34. The van der Waals surface area contributed by atoms with Gasteiger partial charge in [0.1, 0.15) is 17.3 Å². The fraction of sp³-hybridized carbons (Fsp3) is 0.476. The van der Waals surface area contributed by atoms with Crippen LogP contribution in [0.4, 0.5) is 4.79 Å². The number of carbonyl (C=O) groups excluding carboxylic acids is 1. The number of aromatic nitrogens is 1. The van der Waals surface area contributed by atoms with Crippen LogP contribution in [0.3, 0.4) is 0 Å². The summed E-state index contributed by atoms with van der Waals surface area (Å²) in [5.41, 5.74) is 0.262. The third kappa shape index (κ3) is 4.11. The predicted molar refractivity (Wildman–Crippen MR) is 110 cm³/mol. The lowest BCUT2D eigenvalue weighted by atomic mass is 10.00. The zero-order valence-electron chi connectivity index (χ0n) is 17.6. The van der Waals surface area contributed by atoms with Gasteiger partial charge in [-0.25, -0.2) is 9.59 Å². The lowest BCUT2D eigenvalue weighted by Gasteiger charge is -2.38. The molecule has 1 aliphatic heterocycles. The number of nitrogens with zero attached hydrogens (tertiary/aromatic N) is 3. The molecule has 1 aromatic carbocycles. The second kappa shape index (κ2) is 7.98. The highest BCUT2D eigenvalue weighted by Gasteiger charge is 2.37. The maximum absolute atomic E-state index is 12.3. The number of fused-ring (bicyclic) bond motifs is 1. The molecule has 1 amide bonds.